The average molecular weight is 337 g/mol. The molecule has 0 N–H and O–H groups in total. The molecule has 134 valence electrons. The Bertz CT molecular complexity index is 612. The summed E-state index contributed by atoms with van der Waals surface area (Å²) < 4.78 is 5.39. The Morgan fingerprint density at radius 2 is 1.48 bits per heavy atom. The van der Waals surface area contributed by atoms with Crippen LogP contribution in [0, 0.1) is 29.1 Å². The van der Waals surface area contributed by atoms with Crippen LogP contribution in [0.5, 0.6) is 5.75 Å². The van der Waals surface area contributed by atoms with Gasteiger partial charge in [0.05, 0.1) is 7.11 Å². The van der Waals surface area contributed by atoms with Crippen molar-refractivity contribution in [2.75, 3.05) is 7.11 Å². The SMILES string of the molecule is COc1ccc(/C(=C\C23CC4CC(CC(C4)C2)C3)C2CCCC2)cc1. The molecule has 1 aromatic rings. The first-order valence-corrected chi connectivity index (χ1v) is 10.6. The fourth-order valence-corrected chi connectivity index (χ4v) is 7.14. The third-order valence-electron chi connectivity index (χ3n) is 7.77. The van der Waals surface area contributed by atoms with Crippen LogP contribution in [0.2, 0.25) is 0 Å². The Labute approximate surface area is 152 Å². The summed E-state index contributed by atoms with van der Waals surface area (Å²) in [5, 5.41) is 0. The Kier molecular flexibility index (Phi) is 3.95. The van der Waals surface area contributed by atoms with Crippen LogP contribution in [0.15, 0.2) is 30.3 Å². The van der Waals surface area contributed by atoms with E-state index in [1.165, 1.54) is 69.8 Å². The lowest BCUT2D eigenvalue weighted by Gasteiger charge is -2.56. The second-order valence-electron chi connectivity index (χ2n) is 9.59. The van der Waals surface area contributed by atoms with Gasteiger partial charge in [0, 0.05) is 0 Å². The predicted octanol–water partition coefficient (Wildman–Crippen LogP) is 6.49. The van der Waals surface area contributed by atoms with Crippen molar-refractivity contribution in [3.05, 3.63) is 35.9 Å². The van der Waals surface area contributed by atoms with Crippen molar-refractivity contribution in [3.8, 4) is 5.75 Å². The van der Waals surface area contributed by atoms with Gasteiger partial charge in [0.15, 0.2) is 0 Å². The molecule has 0 unspecified atom stereocenters. The van der Waals surface area contributed by atoms with Crippen molar-refractivity contribution < 1.29 is 4.74 Å². The van der Waals surface area contributed by atoms with Crippen LogP contribution in [-0.4, -0.2) is 7.11 Å². The van der Waals surface area contributed by atoms with Gasteiger partial charge in [0.2, 0.25) is 0 Å². The van der Waals surface area contributed by atoms with E-state index < -0.39 is 0 Å². The first kappa shape index (κ1) is 16.0. The minimum Gasteiger partial charge on any atom is -0.497 e. The van der Waals surface area contributed by atoms with E-state index in [1.54, 1.807) is 12.7 Å². The number of allylic oxidation sites excluding steroid dienone is 2. The van der Waals surface area contributed by atoms with Gasteiger partial charge in [-0.05, 0) is 104 Å². The van der Waals surface area contributed by atoms with Crippen molar-refractivity contribution in [2.24, 2.45) is 29.1 Å². The highest BCUT2D eigenvalue weighted by Gasteiger charge is 2.50. The Morgan fingerprint density at radius 3 is 2.00 bits per heavy atom. The van der Waals surface area contributed by atoms with Gasteiger partial charge in [-0.25, -0.2) is 0 Å². The van der Waals surface area contributed by atoms with Crippen LogP contribution in [0.4, 0.5) is 0 Å². The highest BCUT2D eigenvalue weighted by atomic mass is 16.5. The van der Waals surface area contributed by atoms with E-state index in [0.717, 1.165) is 29.4 Å². The van der Waals surface area contributed by atoms with Gasteiger partial charge in [0.1, 0.15) is 5.75 Å². The summed E-state index contributed by atoms with van der Waals surface area (Å²) in [6.45, 7) is 0. The lowest BCUT2D eigenvalue weighted by atomic mass is 9.49. The summed E-state index contributed by atoms with van der Waals surface area (Å²) in [6, 6.07) is 8.92. The first-order chi connectivity index (χ1) is 12.2. The van der Waals surface area contributed by atoms with E-state index in [2.05, 4.69) is 30.3 Å². The number of hydrogen-bond acceptors (Lipinski definition) is 1. The zero-order valence-corrected chi connectivity index (χ0v) is 15.7. The summed E-state index contributed by atoms with van der Waals surface area (Å²) in [4.78, 5) is 0. The molecule has 0 saturated heterocycles. The maximum atomic E-state index is 5.39. The molecule has 0 heterocycles. The smallest absolute Gasteiger partial charge is 0.118 e. The fraction of sp³-hybridized carbons (Fsp3) is 0.667. The lowest BCUT2D eigenvalue weighted by Crippen LogP contribution is -2.45. The second kappa shape index (κ2) is 6.18. The van der Waals surface area contributed by atoms with Crippen LogP contribution >= 0.6 is 0 Å². The van der Waals surface area contributed by atoms with Crippen LogP contribution < -0.4 is 4.74 Å². The topological polar surface area (TPSA) is 9.23 Å². The molecule has 0 aromatic heterocycles. The molecule has 5 saturated carbocycles. The van der Waals surface area contributed by atoms with Crippen LogP contribution in [0.3, 0.4) is 0 Å². The van der Waals surface area contributed by atoms with E-state index in [4.69, 9.17) is 4.74 Å². The lowest BCUT2D eigenvalue weighted by molar-refractivity contribution is -0.0236. The maximum absolute atomic E-state index is 5.39. The minimum atomic E-state index is 0.534. The molecule has 0 amide bonds. The number of methoxy groups -OCH3 is 1. The molecule has 6 rings (SSSR count). The standard InChI is InChI=1S/C24H32O/c1-25-22-8-6-21(7-9-22)23(20-4-2-3-5-20)16-24-13-17-10-18(14-24)12-19(11-17)15-24/h6-9,16-20H,2-5,10-15H2,1H3/b23-16-. The average Bonchev–Trinajstić information content (AvgIpc) is 3.13. The van der Waals surface area contributed by atoms with Gasteiger partial charge in [-0.3, -0.25) is 0 Å². The monoisotopic (exact) mass is 336 g/mol. The molecule has 0 spiro atoms. The number of ether oxygens (including phenoxy) is 1. The zero-order valence-electron chi connectivity index (χ0n) is 15.7. The highest BCUT2D eigenvalue weighted by molar-refractivity contribution is 5.69. The van der Waals surface area contributed by atoms with E-state index in [0.29, 0.717) is 5.41 Å². The molecule has 1 aromatic carbocycles. The van der Waals surface area contributed by atoms with E-state index >= 15 is 0 Å². The summed E-state index contributed by atoms with van der Waals surface area (Å²) in [7, 11) is 1.76. The summed E-state index contributed by atoms with van der Waals surface area (Å²) >= 11 is 0. The third kappa shape index (κ3) is 2.94. The first-order valence-electron chi connectivity index (χ1n) is 10.6. The van der Waals surface area contributed by atoms with Crippen molar-refractivity contribution in [1.29, 1.82) is 0 Å². The molecule has 25 heavy (non-hydrogen) atoms. The van der Waals surface area contributed by atoms with E-state index in [1.807, 2.05) is 0 Å². The van der Waals surface area contributed by atoms with E-state index in [9.17, 15) is 0 Å². The van der Waals surface area contributed by atoms with Gasteiger partial charge < -0.3 is 4.74 Å². The Hall–Kier alpha value is -1.24. The third-order valence-corrected chi connectivity index (χ3v) is 7.77. The molecule has 0 radical (unpaired) electrons. The van der Waals surface area contributed by atoms with Gasteiger partial charge in [-0.2, -0.15) is 0 Å². The number of hydrogen-bond donors (Lipinski definition) is 0. The molecular formula is C24H32O. The van der Waals surface area contributed by atoms with Gasteiger partial charge >= 0.3 is 0 Å². The Balaban J connectivity index is 1.52. The summed E-state index contributed by atoms with van der Waals surface area (Å²) in [5.41, 5.74) is 3.68. The highest BCUT2D eigenvalue weighted by Crippen LogP contribution is 2.61. The minimum absolute atomic E-state index is 0.534. The zero-order chi connectivity index (χ0) is 16.9. The largest absolute Gasteiger partial charge is 0.497 e. The van der Waals surface area contributed by atoms with Crippen LogP contribution in [-0.2, 0) is 0 Å². The van der Waals surface area contributed by atoms with Gasteiger partial charge in [0.25, 0.3) is 0 Å². The molecule has 0 aliphatic heterocycles. The summed E-state index contributed by atoms with van der Waals surface area (Å²) in [6.07, 6.45) is 17.5. The molecule has 0 atom stereocenters. The normalized spacial score (nSPS) is 37.6. The number of rotatable bonds is 4. The predicted molar refractivity (Wildman–Crippen MR) is 104 cm³/mol. The fourth-order valence-electron chi connectivity index (χ4n) is 7.14. The van der Waals surface area contributed by atoms with Crippen LogP contribution in [0.1, 0.15) is 69.8 Å². The molecule has 5 aliphatic rings. The maximum Gasteiger partial charge on any atom is 0.118 e. The van der Waals surface area contributed by atoms with Crippen molar-refractivity contribution in [3.63, 3.8) is 0 Å². The number of benzene rings is 1. The molecule has 5 aliphatic carbocycles. The van der Waals surface area contributed by atoms with Gasteiger partial charge in [-0.1, -0.05) is 31.1 Å². The molecule has 5 fully saturated rings. The van der Waals surface area contributed by atoms with Gasteiger partial charge in [-0.15, -0.1) is 0 Å². The Morgan fingerprint density at radius 1 is 0.920 bits per heavy atom. The second-order valence-corrected chi connectivity index (χ2v) is 9.59. The van der Waals surface area contributed by atoms with E-state index in [-0.39, 0.29) is 0 Å². The molecule has 1 heteroatoms. The summed E-state index contributed by atoms with van der Waals surface area (Å²) in [5.74, 6) is 4.86. The molecule has 1 nitrogen and oxygen atoms in total. The quantitative estimate of drug-likeness (QED) is 0.611. The van der Waals surface area contributed by atoms with Crippen LogP contribution in [0.25, 0.3) is 5.57 Å². The van der Waals surface area contributed by atoms with Crippen molar-refractivity contribution in [2.45, 2.75) is 64.2 Å². The van der Waals surface area contributed by atoms with Crippen molar-refractivity contribution in [1.82, 2.24) is 0 Å². The molecular weight excluding hydrogens is 304 g/mol. The van der Waals surface area contributed by atoms with Crippen molar-refractivity contribution >= 4 is 5.57 Å². The molecule has 4 bridgehead atoms.